The van der Waals surface area contributed by atoms with E-state index in [9.17, 15) is 19.0 Å². The number of carbonyl (C=O) groups is 2. The van der Waals surface area contributed by atoms with Gasteiger partial charge in [-0.25, -0.2) is 0 Å². The number of unbranched alkanes of at least 4 members (excludes halogenated alkanes) is 38. The highest BCUT2D eigenvalue weighted by atomic mass is 31.2. The number of hydrogen-bond acceptors (Lipinski definition) is 8. The van der Waals surface area contributed by atoms with Gasteiger partial charge in [-0.2, -0.15) is 0 Å². The normalized spacial score (nSPS) is 13.7. The summed E-state index contributed by atoms with van der Waals surface area (Å²) in [6, 6.07) is 0. The van der Waals surface area contributed by atoms with E-state index in [-0.39, 0.29) is 32.0 Å². The Labute approximate surface area is 581 Å². The van der Waals surface area contributed by atoms with Crippen LogP contribution in [0.1, 0.15) is 348 Å². The van der Waals surface area contributed by atoms with Crippen LogP contribution in [0.5, 0.6) is 0 Å². The van der Waals surface area contributed by atoms with Gasteiger partial charge in [-0.05, 0) is 109 Å². The summed E-state index contributed by atoms with van der Waals surface area (Å²) in [5, 5.41) is 0. The molecule has 0 aromatic heterocycles. The van der Waals surface area contributed by atoms with Gasteiger partial charge in [-0.15, -0.1) is 0 Å². The molecule has 2 unspecified atom stereocenters. The number of carbonyl (C=O) groups excluding carboxylic acids is 2. The molecular formula is C84H148NO8P. The third kappa shape index (κ3) is 77.4. The maximum absolute atomic E-state index is 12.9. The molecule has 0 aliphatic carbocycles. The molecule has 0 fully saturated rings. The van der Waals surface area contributed by atoms with Crippen LogP contribution in [0.3, 0.4) is 0 Å². The van der Waals surface area contributed by atoms with Gasteiger partial charge in [0.2, 0.25) is 0 Å². The average molecular weight is 1330 g/mol. The number of allylic oxidation sites excluding steroid dienone is 20. The Morgan fingerprint density at radius 3 is 0.904 bits per heavy atom. The Bertz CT molecular complexity index is 2010. The first kappa shape index (κ1) is 90.4. The van der Waals surface area contributed by atoms with Crippen LogP contribution in [-0.4, -0.2) is 70.0 Å². The predicted octanol–water partition coefficient (Wildman–Crippen LogP) is 25.5. The summed E-state index contributed by atoms with van der Waals surface area (Å²) >= 11 is 0. The molecule has 94 heavy (non-hydrogen) atoms. The second-order valence-corrected chi connectivity index (χ2v) is 28.8. The molecule has 0 aromatic rings. The van der Waals surface area contributed by atoms with Gasteiger partial charge in [0.25, 0.3) is 7.82 Å². The molecule has 0 aromatic carbocycles. The van der Waals surface area contributed by atoms with Crippen molar-refractivity contribution in [2.75, 3.05) is 47.5 Å². The Morgan fingerprint density at radius 2 is 0.606 bits per heavy atom. The minimum Gasteiger partial charge on any atom is -0.756 e. The van der Waals surface area contributed by atoms with Crippen molar-refractivity contribution < 1.29 is 42.1 Å². The van der Waals surface area contributed by atoms with Crippen molar-refractivity contribution in [2.45, 2.75) is 354 Å². The van der Waals surface area contributed by atoms with Gasteiger partial charge in [0.15, 0.2) is 6.10 Å². The maximum atomic E-state index is 12.9. The minimum absolute atomic E-state index is 0.0331. The molecule has 0 aliphatic heterocycles. The zero-order chi connectivity index (χ0) is 68.3. The number of rotatable bonds is 72. The number of ether oxygens (including phenoxy) is 2. The van der Waals surface area contributed by atoms with E-state index in [0.717, 1.165) is 96.3 Å². The van der Waals surface area contributed by atoms with Crippen LogP contribution in [-0.2, 0) is 32.7 Å². The highest BCUT2D eigenvalue weighted by Crippen LogP contribution is 2.38. The highest BCUT2D eigenvalue weighted by Gasteiger charge is 2.22. The Balaban J connectivity index is 3.98. The van der Waals surface area contributed by atoms with Crippen molar-refractivity contribution in [3.8, 4) is 0 Å². The van der Waals surface area contributed by atoms with Gasteiger partial charge < -0.3 is 27.9 Å². The predicted molar refractivity (Wildman–Crippen MR) is 406 cm³/mol. The molecule has 0 aliphatic rings. The van der Waals surface area contributed by atoms with Crippen LogP contribution in [0.2, 0.25) is 0 Å². The summed E-state index contributed by atoms with van der Waals surface area (Å²) < 4.78 is 34.4. The van der Waals surface area contributed by atoms with E-state index < -0.39 is 26.5 Å². The number of esters is 2. The minimum atomic E-state index is -4.65. The third-order valence-corrected chi connectivity index (χ3v) is 17.9. The lowest BCUT2D eigenvalue weighted by atomic mass is 10.0. The van der Waals surface area contributed by atoms with E-state index in [1.54, 1.807) is 0 Å². The van der Waals surface area contributed by atoms with Crippen molar-refractivity contribution in [1.29, 1.82) is 0 Å². The average Bonchev–Trinajstić information content (AvgIpc) is 1.56. The van der Waals surface area contributed by atoms with Gasteiger partial charge in [-0.3, -0.25) is 14.2 Å². The second-order valence-electron chi connectivity index (χ2n) is 27.3. The fraction of sp³-hybridized carbons (Fsp3) is 0.738. The second kappa shape index (κ2) is 73.7. The number of phosphoric ester groups is 1. The van der Waals surface area contributed by atoms with Crippen LogP contribution in [0.15, 0.2) is 122 Å². The first-order valence-corrected chi connectivity index (χ1v) is 40.7. The lowest BCUT2D eigenvalue weighted by Gasteiger charge is -2.28. The molecule has 0 heterocycles. The van der Waals surface area contributed by atoms with Gasteiger partial charge in [-0.1, -0.05) is 347 Å². The SMILES string of the molecule is CC/C=C\C/C=C\C/C=C\C/C=C\C/C=C\C/C=C\C/C=C\CCCCCCCCCCCCCCCCCCCC(=O)OC(COC(=O)CCCCCCCCCCCCCCCCCC/C=C\C/C=C\C/C=C\CCCCCCC)COP(=O)([O-])OCC[N+](C)(C)C. The van der Waals surface area contributed by atoms with E-state index in [1.165, 1.54) is 218 Å². The molecule has 10 heteroatoms. The van der Waals surface area contributed by atoms with Crippen LogP contribution >= 0.6 is 7.82 Å². The van der Waals surface area contributed by atoms with Gasteiger partial charge >= 0.3 is 11.9 Å². The van der Waals surface area contributed by atoms with E-state index >= 15 is 0 Å². The first-order chi connectivity index (χ1) is 46.0. The molecule has 0 rings (SSSR count). The van der Waals surface area contributed by atoms with Crippen LogP contribution < -0.4 is 4.89 Å². The summed E-state index contributed by atoms with van der Waals surface area (Å²) in [5.41, 5.74) is 0. The fourth-order valence-corrected chi connectivity index (χ4v) is 11.7. The molecule has 9 nitrogen and oxygen atoms in total. The summed E-state index contributed by atoms with van der Waals surface area (Å²) in [4.78, 5) is 38.2. The molecule has 0 N–H and O–H groups in total. The zero-order valence-corrected chi connectivity index (χ0v) is 62.8. The lowest BCUT2D eigenvalue weighted by molar-refractivity contribution is -0.870. The Hall–Kier alpha value is -3.59. The van der Waals surface area contributed by atoms with Gasteiger partial charge in [0, 0.05) is 12.8 Å². The first-order valence-electron chi connectivity index (χ1n) is 39.2. The number of hydrogen-bond donors (Lipinski definition) is 0. The largest absolute Gasteiger partial charge is 0.756 e. The topological polar surface area (TPSA) is 111 Å². The summed E-state index contributed by atoms with van der Waals surface area (Å²) in [7, 11) is 1.17. The number of likely N-dealkylation sites (N-methyl/N-ethyl adjacent to an activating group) is 1. The molecule has 0 saturated heterocycles. The van der Waals surface area contributed by atoms with E-state index in [2.05, 4.69) is 135 Å². The lowest BCUT2D eigenvalue weighted by Crippen LogP contribution is -2.37. The van der Waals surface area contributed by atoms with Gasteiger partial charge in [0.1, 0.15) is 19.8 Å². The summed E-state index contributed by atoms with van der Waals surface area (Å²) in [6.07, 6.45) is 106. The molecule has 2 atom stereocenters. The highest BCUT2D eigenvalue weighted by molar-refractivity contribution is 7.45. The van der Waals surface area contributed by atoms with Crippen LogP contribution in [0, 0.1) is 0 Å². The monoisotopic (exact) mass is 1330 g/mol. The molecule has 0 bridgehead atoms. The Morgan fingerprint density at radius 1 is 0.340 bits per heavy atom. The smallest absolute Gasteiger partial charge is 0.306 e. The van der Waals surface area contributed by atoms with Crippen molar-refractivity contribution >= 4 is 19.8 Å². The van der Waals surface area contributed by atoms with Gasteiger partial charge in [0.05, 0.1) is 27.7 Å². The summed E-state index contributed by atoms with van der Waals surface area (Å²) in [5.74, 6) is -0.823. The van der Waals surface area contributed by atoms with Crippen LogP contribution in [0.25, 0.3) is 0 Å². The number of quaternary nitrogens is 1. The third-order valence-electron chi connectivity index (χ3n) is 17.0. The zero-order valence-electron chi connectivity index (χ0n) is 61.9. The van der Waals surface area contributed by atoms with Crippen molar-refractivity contribution in [3.63, 3.8) is 0 Å². The van der Waals surface area contributed by atoms with Crippen molar-refractivity contribution in [1.82, 2.24) is 0 Å². The van der Waals surface area contributed by atoms with E-state index in [4.69, 9.17) is 18.5 Å². The standard InChI is InChI=1S/C84H148NO8P/c1-6-8-10-12-14-16-18-20-22-24-26-28-30-32-34-36-38-39-40-41-42-43-44-45-47-49-51-53-55-57-59-61-63-65-67-69-71-73-75-77-84(87)93-82(81-92-94(88,89)91-79-78-85(3,4)5)80-90-83(86)76-74-72-70-68-66-64-62-60-58-56-54-52-50-48-46-37-35-33-31-29-27-25-23-21-19-17-15-13-11-9-7-2/h8,10,14,16,19-22,25-28,31-34,38-39,41-42,82H,6-7,9,11-13,15,17-18,23-24,29-30,35-37,40,43-81H2,1-5H3/b10-8-,16-14-,21-19-,22-20-,27-25-,28-26-,33-31-,34-32-,39-38-,42-41-. The molecular weight excluding hydrogens is 1180 g/mol. The number of phosphoric acid groups is 1. The Kier molecular flexibility index (Phi) is 70.8. The van der Waals surface area contributed by atoms with E-state index in [1.807, 2.05) is 21.1 Å². The quantitative estimate of drug-likeness (QED) is 0.0195. The molecule has 0 saturated carbocycles. The molecule has 0 spiro atoms. The molecule has 0 radical (unpaired) electrons. The number of nitrogens with zero attached hydrogens (tertiary/aromatic N) is 1. The maximum Gasteiger partial charge on any atom is 0.306 e. The fourth-order valence-electron chi connectivity index (χ4n) is 11.0. The van der Waals surface area contributed by atoms with Crippen molar-refractivity contribution in [3.05, 3.63) is 122 Å². The molecule has 542 valence electrons. The van der Waals surface area contributed by atoms with Crippen LogP contribution in [0.4, 0.5) is 0 Å². The van der Waals surface area contributed by atoms with Crippen molar-refractivity contribution in [2.24, 2.45) is 0 Å². The van der Waals surface area contributed by atoms with E-state index in [0.29, 0.717) is 17.4 Å². The summed E-state index contributed by atoms with van der Waals surface area (Å²) in [6.45, 7) is 4.15. The molecule has 0 amide bonds.